The van der Waals surface area contributed by atoms with Crippen LogP contribution in [0.15, 0.2) is 109 Å². The van der Waals surface area contributed by atoms with Gasteiger partial charge in [0.1, 0.15) is 6.07 Å². The highest BCUT2D eigenvalue weighted by molar-refractivity contribution is 6.31. The summed E-state index contributed by atoms with van der Waals surface area (Å²) >= 11 is 6.56. The molecule has 0 aliphatic rings. The number of fused-ring (bicyclic) bond motifs is 6. The molecular formula is C31H18ClN. The van der Waals surface area contributed by atoms with Crippen LogP contribution in [-0.4, -0.2) is 0 Å². The zero-order valence-corrected chi connectivity index (χ0v) is 18.5. The molecule has 0 atom stereocenters. The van der Waals surface area contributed by atoms with Crippen molar-refractivity contribution in [3.05, 3.63) is 120 Å². The lowest BCUT2D eigenvalue weighted by molar-refractivity contribution is 1.47. The molecule has 0 radical (unpaired) electrons. The summed E-state index contributed by atoms with van der Waals surface area (Å²) in [5.74, 6) is 0. The molecule has 0 saturated carbocycles. The third-order valence-corrected chi connectivity index (χ3v) is 6.57. The van der Waals surface area contributed by atoms with Crippen LogP contribution in [0.3, 0.4) is 0 Å². The molecule has 0 saturated heterocycles. The van der Waals surface area contributed by atoms with E-state index in [0.717, 1.165) is 22.3 Å². The van der Waals surface area contributed by atoms with Crippen LogP contribution in [0, 0.1) is 11.3 Å². The Morgan fingerprint density at radius 2 is 0.970 bits per heavy atom. The van der Waals surface area contributed by atoms with Crippen molar-refractivity contribution in [1.82, 2.24) is 0 Å². The van der Waals surface area contributed by atoms with Crippen LogP contribution in [0.25, 0.3) is 54.6 Å². The quantitative estimate of drug-likeness (QED) is 0.247. The predicted octanol–water partition coefficient (Wildman–Crippen LogP) is 9.01. The van der Waals surface area contributed by atoms with E-state index in [0.29, 0.717) is 10.6 Å². The van der Waals surface area contributed by atoms with E-state index in [9.17, 15) is 5.26 Å². The van der Waals surface area contributed by atoms with Crippen LogP contribution in [0.4, 0.5) is 0 Å². The maximum Gasteiger partial charge on any atom is 0.100 e. The Hall–Kier alpha value is -4.12. The molecule has 0 amide bonds. The van der Waals surface area contributed by atoms with Gasteiger partial charge in [-0.1, -0.05) is 103 Å². The van der Waals surface area contributed by atoms with E-state index < -0.39 is 0 Å². The lowest BCUT2D eigenvalue weighted by Crippen LogP contribution is -1.91. The Morgan fingerprint density at radius 1 is 0.485 bits per heavy atom. The lowest BCUT2D eigenvalue weighted by Gasteiger charge is -2.14. The van der Waals surface area contributed by atoms with Crippen LogP contribution in [-0.2, 0) is 0 Å². The smallest absolute Gasteiger partial charge is 0.100 e. The summed E-state index contributed by atoms with van der Waals surface area (Å²) < 4.78 is 0. The van der Waals surface area contributed by atoms with Gasteiger partial charge in [0.25, 0.3) is 0 Å². The molecule has 0 spiro atoms. The van der Waals surface area contributed by atoms with Crippen LogP contribution >= 0.6 is 11.6 Å². The molecule has 6 aromatic rings. The van der Waals surface area contributed by atoms with Crippen LogP contribution in [0.2, 0.25) is 5.02 Å². The highest BCUT2D eigenvalue weighted by Crippen LogP contribution is 2.40. The van der Waals surface area contributed by atoms with Gasteiger partial charge in [0, 0.05) is 16.1 Å². The first-order valence-corrected chi connectivity index (χ1v) is 11.2. The van der Waals surface area contributed by atoms with E-state index in [4.69, 9.17) is 11.6 Å². The second kappa shape index (κ2) is 7.78. The van der Waals surface area contributed by atoms with Crippen molar-refractivity contribution in [2.75, 3.05) is 0 Å². The summed E-state index contributed by atoms with van der Waals surface area (Å²) in [5, 5.41) is 18.1. The fraction of sp³-hybridized carbons (Fsp3) is 0. The van der Waals surface area contributed by atoms with E-state index in [1.165, 1.54) is 32.3 Å². The summed E-state index contributed by atoms with van der Waals surface area (Å²) in [6.45, 7) is 0. The monoisotopic (exact) mass is 439 g/mol. The number of nitriles is 1. The summed E-state index contributed by atoms with van der Waals surface area (Å²) in [5.41, 5.74) is 4.30. The van der Waals surface area contributed by atoms with Gasteiger partial charge < -0.3 is 0 Å². The zero-order valence-electron chi connectivity index (χ0n) is 17.7. The number of halogens is 1. The Morgan fingerprint density at radius 3 is 1.55 bits per heavy atom. The standard InChI is InChI=1S/C31H18ClN/c32-22-17-28(20-8-2-1-3-9-20)31(19-33)29(18-22)21-14-15-27-25-12-5-4-10-23(25)24-11-6-7-13-26(24)30(27)16-21/h1-18H. The van der Waals surface area contributed by atoms with Crippen molar-refractivity contribution < 1.29 is 0 Å². The van der Waals surface area contributed by atoms with Gasteiger partial charge in [-0.15, -0.1) is 0 Å². The predicted molar refractivity (Wildman–Crippen MR) is 140 cm³/mol. The van der Waals surface area contributed by atoms with Gasteiger partial charge in [0.2, 0.25) is 0 Å². The molecule has 2 heteroatoms. The van der Waals surface area contributed by atoms with Crippen LogP contribution in [0.1, 0.15) is 5.56 Å². The van der Waals surface area contributed by atoms with Crippen LogP contribution < -0.4 is 0 Å². The van der Waals surface area contributed by atoms with Crippen molar-refractivity contribution in [2.45, 2.75) is 0 Å². The van der Waals surface area contributed by atoms with E-state index in [2.05, 4.69) is 72.8 Å². The number of rotatable bonds is 2. The zero-order chi connectivity index (χ0) is 22.4. The van der Waals surface area contributed by atoms with E-state index >= 15 is 0 Å². The number of hydrogen-bond acceptors (Lipinski definition) is 1. The Kier molecular flexibility index (Phi) is 4.61. The molecule has 6 aromatic carbocycles. The first-order chi connectivity index (χ1) is 16.2. The minimum Gasteiger partial charge on any atom is -0.192 e. The van der Waals surface area contributed by atoms with E-state index in [-0.39, 0.29) is 0 Å². The molecule has 0 aliphatic carbocycles. The summed E-state index contributed by atoms with van der Waals surface area (Å²) in [7, 11) is 0. The highest BCUT2D eigenvalue weighted by Gasteiger charge is 2.15. The molecule has 0 N–H and O–H groups in total. The van der Waals surface area contributed by atoms with Crippen molar-refractivity contribution in [1.29, 1.82) is 5.26 Å². The summed E-state index contributed by atoms with van der Waals surface area (Å²) in [6.07, 6.45) is 0. The molecule has 0 bridgehead atoms. The van der Waals surface area contributed by atoms with Crippen molar-refractivity contribution in [2.24, 2.45) is 0 Å². The van der Waals surface area contributed by atoms with Gasteiger partial charge in [-0.05, 0) is 61.6 Å². The second-order valence-corrected chi connectivity index (χ2v) is 8.64. The fourth-order valence-electron chi connectivity index (χ4n) is 4.88. The van der Waals surface area contributed by atoms with Gasteiger partial charge >= 0.3 is 0 Å². The maximum atomic E-state index is 10.1. The minimum atomic E-state index is 0.617. The Balaban J connectivity index is 1.69. The summed E-state index contributed by atoms with van der Waals surface area (Å²) in [6, 6.07) is 39.7. The molecular weight excluding hydrogens is 422 g/mol. The molecule has 6 rings (SSSR count). The first kappa shape index (κ1) is 19.6. The van der Waals surface area contributed by atoms with Crippen LogP contribution in [0.5, 0.6) is 0 Å². The fourth-order valence-corrected chi connectivity index (χ4v) is 5.09. The largest absolute Gasteiger partial charge is 0.192 e. The normalized spacial score (nSPS) is 11.2. The molecule has 0 heterocycles. The van der Waals surface area contributed by atoms with Gasteiger partial charge in [-0.2, -0.15) is 5.26 Å². The first-order valence-electron chi connectivity index (χ1n) is 10.9. The minimum absolute atomic E-state index is 0.617. The molecule has 0 aromatic heterocycles. The number of nitrogens with zero attached hydrogens (tertiary/aromatic N) is 1. The highest BCUT2D eigenvalue weighted by atomic mass is 35.5. The third kappa shape index (κ3) is 3.16. The van der Waals surface area contributed by atoms with E-state index in [1.807, 2.05) is 42.5 Å². The van der Waals surface area contributed by atoms with Gasteiger partial charge in [-0.3, -0.25) is 0 Å². The van der Waals surface area contributed by atoms with Crippen molar-refractivity contribution >= 4 is 43.9 Å². The molecule has 0 unspecified atom stereocenters. The SMILES string of the molecule is N#Cc1c(-c2ccccc2)cc(Cl)cc1-c1ccc2c3ccccc3c3ccccc3c2c1. The molecule has 154 valence electrons. The average Bonchev–Trinajstić information content (AvgIpc) is 2.88. The Labute approximate surface area is 197 Å². The molecule has 0 aliphatic heterocycles. The summed E-state index contributed by atoms with van der Waals surface area (Å²) in [4.78, 5) is 0. The number of benzene rings is 6. The maximum absolute atomic E-state index is 10.1. The van der Waals surface area contributed by atoms with Gasteiger partial charge in [0.15, 0.2) is 0 Å². The second-order valence-electron chi connectivity index (χ2n) is 8.21. The molecule has 33 heavy (non-hydrogen) atoms. The molecule has 1 nitrogen and oxygen atoms in total. The topological polar surface area (TPSA) is 23.8 Å². The third-order valence-electron chi connectivity index (χ3n) is 6.35. The molecule has 0 fully saturated rings. The van der Waals surface area contributed by atoms with Crippen molar-refractivity contribution in [3.63, 3.8) is 0 Å². The van der Waals surface area contributed by atoms with Gasteiger partial charge in [-0.25, -0.2) is 0 Å². The lowest BCUT2D eigenvalue weighted by atomic mass is 9.89. The number of hydrogen-bond donors (Lipinski definition) is 0. The average molecular weight is 440 g/mol. The Bertz CT molecular complexity index is 1690. The van der Waals surface area contributed by atoms with E-state index in [1.54, 1.807) is 0 Å². The van der Waals surface area contributed by atoms with Crippen molar-refractivity contribution in [3.8, 4) is 28.3 Å². The van der Waals surface area contributed by atoms with Gasteiger partial charge in [0.05, 0.1) is 5.56 Å².